The molecule has 4 rings (SSSR count). The first-order chi connectivity index (χ1) is 9.81. The Morgan fingerprint density at radius 1 is 1.40 bits per heavy atom. The van der Waals surface area contributed by atoms with E-state index < -0.39 is 0 Å². The Labute approximate surface area is 127 Å². The van der Waals surface area contributed by atoms with Crippen molar-refractivity contribution >= 4 is 22.7 Å². The van der Waals surface area contributed by atoms with Gasteiger partial charge in [0, 0.05) is 35.5 Å². The van der Waals surface area contributed by atoms with Crippen LogP contribution in [0, 0.1) is 11.8 Å². The van der Waals surface area contributed by atoms with E-state index in [0.29, 0.717) is 6.04 Å². The van der Waals surface area contributed by atoms with Gasteiger partial charge in [-0.15, -0.1) is 11.3 Å². The minimum Gasteiger partial charge on any atom is -0.316 e. The van der Waals surface area contributed by atoms with Gasteiger partial charge in [0.05, 0.1) is 5.69 Å². The molecule has 106 valence electrons. The van der Waals surface area contributed by atoms with Crippen molar-refractivity contribution in [1.29, 1.82) is 0 Å². The van der Waals surface area contributed by atoms with Gasteiger partial charge in [-0.3, -0.25) is 4.90 Å². The van der Waals surface area contributed by atoms with Gasteiger partial charge in [0.25, 0.3) is 0 Å². The molecule has 5 heteroatoms. The van der Waals surface area contributed by atoms with Gasteiger partial charge in [0.15, 0.2) is 0 Å². The van der Waals surface area contributed by atoms with Gasteiger partial charge in [-0.25, -0.2) is 4.98 Å². The topological polar surface area (TPSA) is 28.2 Å². The molecule has 2 aromatic heterocycles. The van der Waals surface area contributed by atoms with E-state index in [0.717, 1.165) is 23.4 Å². The molecule has 3 unspecified atom stereocenters. The fraction of sp³-hybridized carbons (Fsp3) is 0.533. The minimum absolute atomic E-state index is 0.682. The number of hydrogen-bond acceptors (Lipinski definition) is 5. The highest BCUT2D eigenvalue weighted by Crippen LogP contribution is 2.34. The summed E-state index contributed by atoms with van der Waals surface area (Å²) in [5.41, 5.74) is 2.50. The Balaban J connectivity index is 1.47. The highest BCUT2D eigenvalue weighted by molar-refractivity contribution is 7.14. The van der Waals surface area contributed by atoms with Gasteiger partial charge in [0.1, 0.15) is 5.01 Å². The third kappa shape index (κ3) is 2.22. The first kappa shape index (κ1) is 13.0. The summed E-state index contributed by atoms with van der Waals surface area (Å²) in [6, 6.07) is 2.84. The lowest BCUT2D eigenvalue weighted by molar-refractivity contribution is 0.229. The van der Waals surface area contributed by atoms with Gasteiger partial charge in [-0.2, -0.15) is 11.3 Å². The van der Waals surface area contributed by atoms with Crippen molar-refractivity contribution in [3.63, 3.8) is 0 Å². The first-order valence-electron chi connectivity index (χ1n) is 7.23. The van der Waals surface area contributed by atoms with Crippen LogP contribution in [0.5, 0.6) is 0 Å². The molecule has 3 atom stereocenters. The summed E-state index contributed by atoms with van der Waals surface area (Å²) < 4.78 is 0. The maximum Gasteiger partial charge on any atom is 0.124 e. The van der Waals surface area contributed by atoms with Crippen molar-refractivity contribution in [1.82, 2.24) is 15.2 Å². The molecule has 0 bridgehead atoms. The monoisotopic (exact) mass is 305 g/mol. The van der Waals surface area contributed by atoms with Crippen molar-refractivity contribution < 1.29 is 0 Å². The normalized spacial score (nSPS) is 29.9. The fourth-order valence-corrected chi connectivity index (χ4v) is 5.09. The second-order valence-electron chi connectivity index (χ2n) is 5.91. The molecule has 2 aromatic rings. The molecule has 0 amide bonds. The van der Waals surface area contributed by atoms with E-state index in [2.05, 4.69) is 39.3 Å². The van der Waals surface area contributed by atoms with Crippen LogP contribution in [0.25, 0.3) is 10.6 Å². The van der Waals surface area contributed by atoms with Crippen LogP contribution in [0.3, 0.4) is 0 Å². The van der Waals surface area contributed by atoms with Crippen LogP contribution in [0.4, 0.5) is 0 Å². The number of fused-ring (bicyclic) bond motifs is 1. The summed E-state index contributed by atoms with van der Waals surface area (Å²) in [6.45, 7) is 7.01. The zero-order chi connectivity index (χ0) is 13.5. The highest BCUT2D eigenvalue weighted by atomic mass is 32.1. The zero-order valence-electron chi connectivity index (χ0n) is 11.6. The highest BCUT2D eigenvalue weighted by Gasteiger charge is 2.41. The summed E-state index contributed by atoms with van der Waals surface area (Å²) >= 11 is 3.51. The fourth-order valence-electron chi connectivity index (χ4n) is 3.57. The quantitative estimate of drug-likeness (QED) is 0.945. The van der Waals surface area contributed by atoms with E-state index >= 15 is 0 Å². The molecule has 0 aromatic carbocycles. The summed E-state index contributed by atoms with van der Waals surface area (Å²) in [5.74, 6) is 1.69. The van der Waals surface area contributed by atoms with E-state index in [9.17, 15) is 0 Å². The van der Waals surface area contributed by atoms with Crippen LogP contribution < -0.4 is 5.32 Å². The second kappa shape index (κ2) is 5.22. The number of nitrogens with one attached hydrogen (secondary N) is 1. The van der Waals surface area contributed by atoms with E-state index in [1.54, 1.807) is 22.7 Å². The van der Waals surface area contributed by atoms with E-state index in [4.69, 9.17) is 4.98 Å². The Morgan fingerprint density at radius 2 is 2.35 bits per heavy atom. The number of thiazole rings is 1. The average Bonchev–Trinajstić information content (AvgIpc) is 3.19. The number of likely N-dealkylation sites (tertiary alicyclic amines) is 1. The molecule has 4 heterocycles. The van der Waals surface area contributed by atoms with Crippen LogP contribution in [0.2, 0.25) is 0 Å². The second-order valence-corrected chi connectivity index (χ2v) is 7.55. The summed E-state index contributed by atoms with van der Waals surface area (Å²) in [5, 5.41) is 11.2. The maximum absolute atomic E-state index is 4.81. The number of rotatable bonds is 3. The molecule has 2 aliphatic heterocycles. The van der Waals surface area contributed by atoms with Crippen molar-refractivity contribution in [2.75, 3.05) is 19.6 Å². The molecule has 1 N–H and O–H groups in total. The average molecular weight is 305 g/mol. The lowest BCUT2D eigenvalue weighted by Crippen LogP contribution is -2.32. The molecule has 2 aliphatic rings. The van der Waals surface area contributed by atoms with Crippen LogP contribution >= 0.6 is 22.7 Å². The van der Waals surface area contributed by atoms with Gasteiger partial charge in [0.2, 0.25) is 0 Å². The SMILES string of the molecule is CC1C2CNCC2CN1Cc1csc(-c2ccsc2)n1. The lowest BCUT2D eigenvalue weighted by atomic mass is 9.95. The minimum atomic E-state index is 0.682. The largest absolute Gasteiger partial charge is 0.316 e. The smallest absolute Gasteiger partial charge is 0.124 e. The first-order valence-corrected chi connectivity index (χ1v) is 9.05. The Morgan fingerprint density at radius 3 is 3.15 bits per heavy atom. The Hall–Kier alpha value is -0.750. The van der Waals surface area contributed by atoms with Crippen molar-refractivity contribution in [3.05, 3.63) is 27.9 Å². The van der Waals surface area contributed by atoms with Gasteiger partial charge >= 0.3 is 0 Å². The van der Waals surface area contributed by atoms with Gasteiger partial charge in [-0.1, -0.05) is 0 Å². The van der Waals surface area contributed by atoms with Crippen molar-refractivity contribution in [3.8, 4) is 10.6 Å². The predicted octanol–water partition coefficient (Wildman–Crippen LogP) is 2.91. The summed E-state index contributed by atoms with van der Waals surface area (Å²) in [7, 11) is 0. The number of hydrogen-bond donors (Lipinski definition) is 1. The maximum atomic E-state index is 4.81. The van der Waals surface area contributed by atoms with Crippen LogP contribution in [-0.4, -0.2) is 35.6 Å². The molecule has 2 fully saturated rings. The molecule has 20 heavy (non-hydrogen) atoms. The number of aromatic nitrogens is 1. The standard InChI is InChI=1S/C15H19N3S2/c1-10-14-5-16-4-12(14)6-18(10)7-13-9-20-15(17-13)11-2-3-19-8-11/h2-3,8-10,12,14,16H,4-7H2,1H3. The molecular weight excluding hydrogens is 286 g/mol. The summed E-state index contributed by atoms with van der Waals surface area (Å²) in [6.07, 6.45) is 0. The Bertz CT molecular complexity index is 578. The van der Waals surface area contributed by atoms with Gasteiger partial charge < -0.3 is 5.32 Å². The molecule has 0 radical (unpaired) electrons. The number of thiophene rings is 1. The molecule has 3 nitrogen and oxygen atoms in total. The lowest BCUT2D eigenvalue weighted by Gasteiger charge is -2.23. The molecule has 2 saturated heterocycles. The van der Waals surface area contributed by atoms with Gasteiger partial charge in [-0.05, 0) is 43.3 Å². The van der Waals surface area contributed by atoms with Crippen LogP contribution in [0.1, 0.15) is 12.6 Å². The van der Waals surface area contributed by atoms with E-state index in [-0.39, 0.29) is 0 Å². The van der Waals surface area contributed by atoms with E-state index in [1.807, 2.05) is 0 Å². The predicted molar refractivity (Wildman–Crippen MR) is 85.1 cm³/mol. The third-order valence-corrected chi connectivity index (χ3v) is 6.37. The molecular formula is C15H19N3S2. The molecule has 0 spiro atoms. The number of nitrogens with zero attached hydrogens (tertiary/aromatic N) is 2. The van der Waals surface area contributed by atoms with Crippen LogP contribution in [-0.2, 0) is 6.54 Å². The molecule has 0 saturated carbocycles. The molecule has 0 aliphatic carbocycles. The zero-order valence-corrected chi connectivity index (χ0v) is 13.2. The third-order valence-electron chi connectivity index (χ3n) is 4.74. The van der Waals surface area contributed by atoms with E-state index in [1.165, 1.54) is 30.9 Å². The Kier molecular flexibility index (Phi) is 3.38. The van der Waals surface area contributed by atoms with Crippen molar-refractivity contribution in [2.45, 2.75) is 19.5 Å². The van der Waals surface area contributed by atoms with Crippen molar-refractivity contribution in [2.24, 2.45) is 11.8 Å². The summed E-state index contributed by atoms with van der Waals surface area (Å²) in [4.78, 5) is 7.43. The van der Waals surface area contributed by atoms with Crippen LogP contribution in [0.15, 0.2) is 22.2 Å².